The van der Waals surface area contributed by atoms with Crippen LogP contribution in [-0.4, -0.2) is 9.97 Å². The Morgan fingerprint density at radius 3 is 2.67 bits per heavy atom. The second-order valence-electron chi connectivity index (χ2n) is 5.85. The summed E-state index contributed by atoms with van der Waals surface area (Å²) in [5, 5.41) is 0. The van der Waals surface area contributed by atoms with Crippen molar-refractivity contribution in [1.29, 1.82) is 0 Å². The molecule has 2 aromatic heterocycles. The van der Waals surface area contributed by atoms with E-state index in [1.165, 1.54) is 0 Å². The van der Waals surface area contributed by atoms with Crippen LogP contribution >= 0.6 is 11.3 Å². The lowest BCUT2D eigenvalue weighted by molar-refractivity contribution is 0.617. The van der Waals surface area contributed by atoms with E-state index in [0.29, 0.717) is 5.56 Å². The lowest BCUT2D eigenvalue weighted by atomic mass is 9.95. The summed E-state index contributed by atoms with van der Waals surface area (Å²) in [6, 6.07) is 13.7. The number of pyridine rings is 1. The van der Waals surface area contributed by atoms with Crippen molar-refractivity contribution >= 4 is 21.6 Å². The standard InChI is InChI=1S/C20H15FN2S/c1-12-9-17(21)13(2)8-16(12)20-15(4-3-7-22-20)14-5-6-18-19(10-14)24-11-23-18/h3-11H,1-2H3. The molecule has 0 fully saturated rings. The van der Waals surface area contributed by atoms with Crippen molar-refractivity contribution in [3.05, 3.63) is 71.1 Å². The van der Waals surface area contributed by atoms with E-state index in [9.17, 15) is 4.39 Å². The number of aromatic nitrogens is 2. The van der Waals surface area contributed by atoms with Crippen LogP contribution in [0.4, 0.5) is 4.39 Å². The summed E-state index contributed by atoms with van der Waals surface area (Å²) >= 11 is 1.62. The Hall–Kier alpha value is -2.59. The third-order valence-electron chi connectivity index (χ3n) is 4.21. The molecule has 0 atom stereocenters. The molecule has 118 valence electrons. The van der Waals surface area contributed by atoms with Gasteiger partial charge in [0.05, 0.1) is 21.4 Å². The van der Waals surface area contributed by atoms with Gasteiger partial charge in [0.25, 0.3) is 0 Å². The summed E-state index contributed by atoms with van der Waals surface area (Å²) < 4.78 is 15.0. The second kappa shape index (κ2) is 5.80. The van der Waals surface area contributed by atoms with E-state index < -0.39 is 0 Å². The fraction of sp³-hybridized carbons (Fsp3) is 0.100. The van der Waals surface area contributed by atoms with Crippen molar-refractivity contribution in [3.63, 3.8) is 0 Å². The van der Waals surface area contributed by atoms with Gasteiger partial charge in [0.15, 0.2) is 0 Å². The molecule has 2 aromatic carbocycles. The molecule has 0 saturated heterocycles. The molecule has 0 saturated carbocycles. The molecular weight excluding hydrogens is 319 g/mol. The molecule has 0 amide bonds. The van der Waals surface area contributed by atoms with Crippen molar-refractivity contribution in [2.24, 2.45) is 0 Å². The van der Waals surface area contributed by atoms with E-state index >= 15 is 0 Å². The van der Waals surface area contributed by atoms with Crippen LogP contribution in [0.3, 0.4) is 0 Å². The van der Waals surface area contributed by atoms with Gasteiger partial charge in [-0.3, -0.25) is 4.98 Å². The molecule has 0 aliphatic carbocycles. The van der Waals surface area contributed by atoms with Crippen LogP contribution in [0.1, 0.15) is 11.1 Å². The van der Waals surface area contributed by atoms with Crippen molar-refractivity contribution < 1.29 is 4.39 Å². The smallest absolute Gasteiger partial charge is 0.126 e. The number of hydrogen-bond donors (Lipinski definition) is 0. The Balaban J connectivity index is 1.94. The average molecular weight is 334 g/mol. The molecule has 0 aliphatic rings. The predicted octanol–water partition coefficient (Wildman–Crippen LogP) is 5.78. The molecule has 4 aromatic rings. The van der Waals surface area contributed by atoms with E-state index in [1.54, 1.807) is 30.5 Å². The summed E-state index contributed by atoms with van der Waals surface area (Å²) in [6.45, 7) is 3.70. The molecule has 0 N–H and O–H groups in total. The third-order valence-corrected chi connectivity index (χ3v) is 5.00. The van der Waals surface area contributed by atoms with Gasteiger partial charge in [0, 0.05) is 17.3 Å². The zero-order valence-corrected chi connectivity index (χ0v) is 14.2. The molecular formula is C20H15FN2S. The van der Waals surface area contributed by atoms with Crippen molar-refractivity contribution in [3.8, 4) is 22.4 Å². The van der Waals surface area contributed by atoms with E-state index in [1.807, 2.05) is 30.6 Å². The lowest BCUT2D eigenvalue weighted by Gasteiger charge is -2.12. The summed E-state index contributed by atoms with van der Waals surface area (Å²) in [5.74, 6) is -0.181. The van der Waals surface area contributed by atoms with Crippen LogP contribution in [0, 0.1) is 19.7 Å². The number of thiazole rings is 1. The van der Waals surface area contributed by atoms with Crippen LogP contribution in [0.15, 0.2) is 54.2 Å². The van der Waals surface area contributed by atoms with Crippen LogP contribution in [0.25, 0.3) is 32.6 Å². The van der Waals surface area contributed by atoms with Gasteiger partial charge in [0.2, 0.25) is 0 Å². The maximum atomic E-state index is 13.8. The normalized spacial score (nSPS) is 11.1. The molecule has 4 heteroatoms. The summed E-state index contributed by atoms with van der Waals surface area (Å²) in [6.07, 6.45) is 1.78. The number of nitrogens with zero attached hydrogens (tertiary/aromatic N) is 2. The first-order valence-electron chi connectivity index (χ1n) is 7.69. The van der Waals surface area contributed by atoms with E-state index in [-0.39, 0.29) is 5.82 Å². The number of fused-ring (bicyclic) bond motifs is 1. The Kier molecular flexibility index (Phi) is 3.62. The second-order valence-corrected chi connectivity index (χ2v) is 6.74. The van der Waals surface area contributed by atoms with Gasteiger partial charge in [-0.05, 0) is 60.9 Å². The highest BCUT2D eigenvalue weighted by Crippen LogP contribution is 2.34. The molecule has 24 heavy (non-hydrogen) atoms. The van der Waals surface area contributed by atoms with Crippen molar-refractivity contribution in [2.75, 3.05) is 0 Å². The van der Waals surface area contributed by atoms with Crippen LogP contribution in [0.5, 0.6) is 0 Å². The number of aryl methyl sites for hydroxylation is 2. The summed E-state index contributed by atoms with van der Waals surface area (Å²) in [4.78, 5) is 8.92. The van der Waals surface area contributed by atoms with E-state index in [4.69, 9.17) is 0 Å². The molecule has 0 bridgehead atoms. The minimum absolute atomic E-state index is 0.181. The fourth-order valence-corrected chi connectivity index (χ4v) is 3.63. The quantitative estimate of drug-likeness (QED) is 0.464. The van der Waals surface area contributed by atoms with Crippen LogP contribution in [0.2, 0.25) is 0 Å². The lowest BCUT2D eigenvalue weighted by Crippen LogP contribution is -1.94. The van der Waals surface area contributed by atoms with Crippen LogP contribution in [-0.2, 0) is 0 Å². The first-order valence-corrected chi connectivity index (χ1v) is 8.57. The van der Waals surface area contributed by atoms with E-state index in [0.717, 1.165) is 38.2 Å². The maximum Gasteiger partial charge on any atom is 0.126 e. The number of benzene rings is 2. The van der Waals surface area contributed by atoms with Crippen molar-refractivity contribution in [1.82, 2.24) is 9.97 Å². The van der Waals surface area contributed by atoms with E-state index in [2.05, 4.69) is 28.2 Å². The van der Waals surface area contributed by atoms with Gasteiger partial charge in [-0.15, -0.1) is 11.3 Å². The Morgan fingerprint density at radius 1 is 0.917 bits per heavy atom. The SMILES string of the molecule is Cc1cc(-c2ncccc2-c2ccc3ncsc3c2)c(C)cc1F. The monoisotopic (exact) mass is 334 g/mol. The molecule has 2 heterocycles. The van der Waals surface area contributed by atoms with Gasteiger partial charge < -0.3 is 0 Å². The van der Waals surface area contributed by atoms with Gasteiger partial charge in [-0.1, -0.05) is 12.1 Å². The van der Waals surface area contributed by atoms with Gasteiger partial charge in [0.1, 0.15) is 5.82 Å². The van der Waals surface area contributed by atoms with Crippen molar-refractivity contribution in [2.45, 2.75) is 13.8 Å². The zero-order valence-electron chi connectivity index (χ0n) is 13.4. The minimum Gasteiger partial charge on any atom is -0.256 e. The highest BCUT2D eigenvalue weighted by atomic mass is 32.1. The third kappa shape index (κ3) is 2.49. The number of halogens is 1. The average Bonchev–Trinajstić information content (AvgIpc) is 3.06. The molecule has 0 radical (unpaired) electrons. The first-order chi connectivity index (χ1) is 11.6. The van der Waals surface area contributed by atoms with Crippen LogP contribution < -0.4 is 0 Å². The maximum absolute atomic E-state index is 13.8. The summed E-state index contributed by atoms with van der Waals surface area (Å²) in [7, 11) is 0. The van der Waals surface area contributed by atoms with Gasteiger partial charge in [-0.25, -0.2) is 9.37 Å². The predicted molar refractivity (Wildman–Crippen MR) is 97.7 cm³/mol. The Morgan fingerprint density at radius 2 is 1.79 bits per heavy atom. The summed E-state index contributed by atoms with van der Waals surface area (Å²) in [5.41, 5.74) is 8.35. The minimum atomic E-state index is -0.181. The van der Waals surface area contributed by atoms with Gasteiger partial charge in [-0.2, -0.15) is 0 Å². The zero-order chi connectivity index (χ0) is 16.7. The Labute approximate surface area is 143 Å². The highest BCUT2D eigenvalue weighted by molar-refractivity contribution is 7.16. The Bertz CT molecular complexity index is 1050. The number of hydrogen-bond acceptors (Lipinski definition) is 3. The molecule has 0 spiro atoms. The molecule has 0 aliphatic heterocycles. The molecule has 4 rings (SSSR count). The molecule has 0 unspecified atom stereocenters. The first kappa shape index (κ1) is 15.0. The highest BCUT2D eigenvalue weighted by Gasteiger charge is 2.13. The van der Waals surface area contributed by atoms with Gasteiger partial charge >= 0.3 is 0 Å². The topological polar surface area (TPSA) is 25.8 Å². The fourth-order valence-electron chi connectivity index (χ4n) is 2.91. The number of rotatable bonds is 2. The molecule has 2 nitrogen and oxygen atoms in total. The largest absolute Gasteiger partial charge is 0.256 e.